The van der Waals surface area contributed by atoms with Gasteiger partial charge in [-0.15, -0.1) is 13.2 Å². The van der Waals surface area contributed by atoms with E-state index in [2.05, 4.69) is 14.8 Å². The maximum absolute atomic E-state index is 12.3. The van der Waals surface area contributed by atoms with Gasteiger partial charge in [0.25, 0.3) is 0 Å². The summed E-state index contributed by atoms with van der Waals surface area (Å²) in [4.78, 5) is 4.51. The van der Waals surface area contributed by atoms with Gasteiger partial charge in [0.2, 0.25) is 0 Å². The minimum absolute atomic E-state index is 0.150. The van der Waals surface area contributed by atoms with Crippen molar-refractivity contribution in [1.82, 2.24) is 14.8 Å². The second-order valence-electron chi connectivity index (χ2n) is 6.09. The normalized spacial score (nSPS) is 21.7. The van der Waals surface area contributed by atoms with Crippen molar-refractivity contribution in [2.75, 3.05) is 0 Å². The van der Waals surface area contributed by atoms with Crippen LogP contribution in [0.1, 0.15) is 43.3 Å². The van der Waals surface area contributed by atoms with Gasteiger partial charge in [-0.2, -0.15) is 5.10 Å². The highest BCUT2D eigenvalue weighted by atomic mass is 19.4. The van der Waals surface area contributed by atoms with Gasteiger partial charge in [-0.25, -0.2) is 9.67 Å². The summed E-state index contributed by atoms with van der Waals surface area (Å²) < 4.78 is 42.3. The second kappa shape index (κ2) is 6.43. The molecule has 24 heavy (non-hydrogen) atoms. The van der Waals surface area contributed by atoms with E-state index in [-0.39, 0.29) is 17.7 Å². The lowest BCUT2D eigenvalue weighted by Gasteiger charge is -2.26. The summed E-state index contributed by atoms with van der Waals surface area (Å²) >= 11 is 0. The Morgan fingerprint density at radius 2 is 1.92 bits per heavy atom. The van der Waals surface area contributed by atoms with Gasteiger partial charge in [0.1, 0.15) is 17.4 Å². The Morgan fingerprint density at radius 3 is 2.54 bits per heavy atom. The Kier molecular flexibility index (Phi) is 4.49. The molecule has 0 unspecified atom stereocenters. The largest absolute Gasteiger partial charge is 0.573 e. The van der Waals surface area contributed by atoms with Gasteiger partial charge >= 0.3 is 6.36 Å². The zero-order valence-corrected chi connectivity index (χ0v) is 13.3. The molecule has 0 bridgehead atoms. The molecule has 1 aliphatic carbocycles. The van der Waals surface area contributed by atoms with Crippen LogP contribution in [0.5, 0.6) is 5.75 Å². The van der Waals surface area contributed by atoms with E-state index >= 15 is 0 Å². The topological polar surface area (TPSA) is 66.0 Å². The zero-order valence-electron chi connectivity index (χ0n) is 13.3. The van der Waals surface area contributed by atoms with Crippen molar-refractivity contribution in [3.8, 4) is 11.4 Å². The molecule has 3 rings (SSSR count). The first-order valence-corrected chi connectivity index (χ1v) is 7.87. The van der Waals surface area contributed by atoms with Crippen LogP contribution in [0.4, 0.5) is 13.2 Å². The number of benzene rings is 1. The van der Waals surface area contributed by atoms with E-state index in [1.807, 2.05) is 0 Å². The third-order valence-corrected chi connectivity index (χ3v) is 4.13. The molecule has 1 aliphatic rings. The molecule has 2 atom stereocenters. The molecule has 1 aromatic carbocycles. The first kappa shape index (κ1) is 16.8. The monoisotopic (exact) mass is 340 g/mol. The number of hydrogen-bond donors (Lipinski definition) is 1. The van der Waals surface area contributed by atoms with Crippen LogP contribution in [-0.4, -0.2) is 27.2 Å². The summed E-state index contributed by atoms with van der Waals surface area (Å²) in [7, 11) is 0. The lowest BCUT2D eigenvalue weighted by molar-refractivity contribution is -0.274. The van der Waals surface area contributed by atoms with Crippen molar-refractivity contribution < 1.29 is 17.9 Å². The number of nitrogens with zero attached hydrogens (tertiary/aromatic N) is 3. The van der Waals surface area contributed by atoms with Crippen LogP contribution in [0.2, 0.25) is 0 Å². The molecule has 5 nitrogen and oxygen atoms in total. The van der Waals surface area contributed by atoms with Crippen molar-refractivity contribution in [2.24, 2.45) is 5.73 Å². The molecule has 1 fully saturated rings. The summed E-state index contributed by atoms with van der Waals surface area (Å²) in [5.41, 5.74) is 6.71. The van der Waals surface area contributed by atoms with Gasteiger partial charge in [-0.1, -0.05) is 6.42 Å². The Morgan fingerprint density at radius 1 is 1.21 bits per heavy atom. The van der Waals surface area contributed by atoms with Crippen molar-refractivity contribution in [2.45, 2.75) is 50.9 Å². The highest BCUT2D eigenvalue weighted by Crippen LogP contribution is 2.32. The predicted molar refractivity (Wildman–Crippen MR) is 82.0 cm³/mol. The third kappa shape index (κ3) is 3.87. The van der Waals surface area contributed by atoms with Gasteiger partial charge in [0, 0.05) is 12.0 Å². The van der Waals surface area contributed by atoms with Crippen LogP contribution in [0.25, 0.3) is 5.69 Å². The maximum Gasteiger partial charge on any atom is 0.573 e. The van der Waals surface area contributed by atoms with Crippen molar-refractivity contribution in [3.05, 3.63) is 35.9 Å². The molecule has 0 saturated heterocycles. The third-order valence-electron chi connectivity index (χ3n) is 4.13. The second-order valence-corrected chi connectivity index (χ2v) is 6.09. The lowest BCUT2D eigenvalue weighted by Crippen LogP contribution is -2.28. The van der Waals surface area contributed by atoms with Gasteiger partial charge in [-0.05, 0) is 50.5 Å². The number of ether oxygens (including phenoxy) is 1. The molecule has 0 radical (unpaired) electrons. The standard InChI is InChI=1S/C16H19F3N4O/c1-10-21-15(11-3-2-4-12(20)9-11)23(22-10)13-5-7-14(8-6-13)24-16(17,18)19/h5-8,11-12H,2-4,9,20H2,1H3/t11-,12+/m1/s1. The molecule has 130 valence electrons. The SMILES string of the molecule is Cc1nc([C@@H]2CCC[C@H](N)C2)n(-c2ccc(OC(F)(F)F)cc2)n1. The zero-order chi connectivity index (χ0) is 17.3. The van der Waals surface area contributed by atoms with Crippen LogP contribution in [0.15, 0.2) is 24.3 Å². The highest BCUT2D eigenvalue weighted by molar-refractivity contribution is 5.38. The van der Waals surface area contributed by atoms with E-state index in [4.69, 9.17) is 5.73 Å². The molecule has 8 heteroatoms. The van der Waals surface area contributed by atoms with Crippen LogP contribution in [0, 0.1) is 6.92 Å². The fourth-order valence-electron chi connectivity index (χ4n) is 3.14. The average Bonchev–Trinajstić information content (AvgIpc) is 2.88. The molecular formula is C16H19F3N4O. The molecular weight excluding hydrogens is 321 g/mol. The van der Waals surface area contributed by atoms with Gasteiger partial charge < -0.3 is 10.5 Å². The molecule has 2 N–H and O–H groups in total. The molecule has 1 heterocycles. The summed E-state index contributed by atoms with van der Waals surface area (Å²) in [6.45, 7) is 1.80. The number of halogens is 3. The number of nitrogens with two attached hydrogens (primary N) is 1. The summed E-state index contributed by atoms with van der Waals surface area (Å²) in [5.74, 6) is 1.39. The Bertz CT molecular complexity index is 696. The van der Waals surface area contributed by atoms with E-state index in [0.717, 1.165) is 31.5 Å². The average molecular weight is 340 g/mol. The highest BCUT2D eigenvalue weighted by Gasteiger charge is 2.31. The first-order valence-electron chi connectivity index (χ1n) is 7.87. The van der Waals surface area contributed by atoms with E-state index < -0.39 is 6.36 Å². The molecule has 0 spiro atoms. The fourth-order valence-corrected chi connectivity index (χ4v) is 3.14. The van der Waals surface area contributed by atoms with Crippen molar-refractivity contribution in [1.29, 1.82) is 0 Å². The van der Waals surface area contributed by atoms with Crippen molar-refractivity contribution >= 4 is 0 Å². The van der Waals surface area contributed by atoms with Crippen LogP contribution in [-0.2, 0) is 0 Å². The molecule has 0 amide bonds. The number of hydrogen-bond acceptors (Lipinski definition) is 4. The molecule has 1 aromatic heterocycles. The summed E-state index contributed by atoms with van der Waals surface area (Å²) in [6, 6.07) is 5.78. The van der Waals surface area contributed by atoms with Crippen LogP contribution >= 0.6 is 0 Å². The van der Waals surface area contributed by atoms with E-state index in [9.17, 15) is 13.2 Å². The Balaban J connectivity index is 1.87. The molecule has 0 aliphatic heterocycles. The minimum atomic E-state index is -4.70. The van der Waals surface area contributed by atoms with E-state index in [0.29, 0.717) is 11.5 Å². The predicted octanol–water partition coefficient (Wildman–Crippen LogP) is 3.46. The van der Waals surface area contributed by atoms with Crippen molar-refractivity contribution in [3.63, 3.8) is 0 Å². The Hall–Kier alpha value is -2.09. The van der Waals surface area contributed by atoms with Gasteiger partial charge in [-0.3, -0.25) is 0 Å². The van der Waals surface area contributed by atoms with Gasteiger partial charge in [0.05, 0.1) is 5.69 Å². The van der Waals surface area contributed by atoms with Crippen LogP contribution < -0.4 is 10.5 Å². The maximum atomic E-state index is 12.3. The summed E-state index contributed by atoms with van der Waals surface area (Å²) in [5, 5.41) is 4.39. The number of aryl methyl sites for hydroxylation is 1. The number of alkyl halides is 3. The molecule has 2 aromatic rings. The number of aromatic nitrogens is 3. The quantitative estimate of drug-likeness (QED) is 0.929. The van der Waals surface area contributed by atoms with E-state index in [1.54, 1.807) is 23.7 Å². The number of rotatable bonds is 3. The van der Waals surface area contributed by atoms with Crippen LogP contribution in [0.3, 0.4) is 0 Å². The molecule has 1 saturated carbocycles. The smallest absolute Gasteiger partial charge is 0.406 e. The fraction of sp³-hybridized carbons (Fsp3) is 0.500. The first-order chi connectivity index (χ1) is 11.3. The van der Waals surface area contributed by atoms with E-state index in [1.165, 1.54) is 12.1 Å². The Labute approximate surface area is 137 Å². The lowest BCUT2D eigenvalue weighted by atomic mass is 9.85. The minimum Gasteiger partial charge on any atom is -0.406 e. The summed E-state index contributed by atoms with van der Waals surface area (Å²) in [6.07, 6.45) is -0.827. The van der Waals surface area contributed by atoms with Gasteiger partial charge in [0.15, 0.2) is 0 Å².